The van der Waals surface area contributed by atoms with Crippen LogP contribution < -0.4 is 15.4 Å². The largest absolute Gasteiger partial charge is 0.383 e. The third-order valence-electron chi connectivity index (χ3n) is 4.80. The van der Waals surface area contributed by atoms with Gasteiger partial charge in [-0.25, -0.2) is 23.1 Å². The highest BCUT2D eigenvalue weighted by Gasteiger charge is 2.21. The molecule has 10 heteroatoms. The standard InChI is InChI=1S/C21H23N5O4S/c1-30-11-10-23-31(28,29)16-8-6-15(7-9-16)24-21-22-13-14-12-19(27)25-18-5-3-2-4-17(18)20(14)26-21/h2-9,13,19,23,25,27H,10-12H2,1H3,(H,22,24,26). The Morgan fingerprint density at radius 3 is 2.74 bits per heavy atom. The number of nitrogens with zero attached hydrogens (tertiary/aromatic N) is 2. The number of aromatic nitrogens is 2. The summed E-state index contributed by atoms with van der Waals surface area (Å²) >= 11 is 0. The molecule has 0 fully saturated rings. The van der Waals surface area contributed by atoms with E-state index < -0.39 is 16.3 Å². The number of methoxy groups -OCH3 is 1. The second-order valence-electron chi connectivity index (χ2n) is 7.02. The summed E-state index contributed by atoms with van der Waals surface area (Å²) in [5, 5.41) is 16.4. The summed E-state index contributed by atoms with van der Waals surface area (Å²) in [7, 11) is -2.09. The van der Waals surface area contributed by atoms with Crippen molar-refractivity contribution in [1.82, 2.24) is 14.7 Å². The summed E-state index contributed by atoms with van der Waals surface area (Å²) in [6, 6.07) is 14.0. The van der Waals surface area contributed by atoms with Gasteiger partial charge in [0.1, 0.15) is 6.23 Å². The molecule has 1 aliphatic rings. The van der Waals surface area contributed by atoms with Crippen molar-refractivity contribution in [1.29, 1.82) is 0 Å². The summed E-state index contributed by atoms with van der Waals surface area (Å²) in [5.74, 6) is 0.374. The van der Waals surface area contributed by atoms with Crippen molar-refractivity contribution in [3.05, 3.63) is 60.3 Å². The maximum Gasteiger partial charge on any atom is 0.240 e. The Morgan fingerprint density at radius 1 is 1.19 bits per heavy atom. The molecule has 1 aromatic heterocycles. The number of aliphatic hydroxyl groups is 1. The third kappa shape index (κ3) is 4.83. The summed E-state index contributed by atoms with van der Waals surface area (Å²) in [4.78, 5) is 9.16. The van der Waals surface area contributed by atoms with Crippen LogP contribution in [0.15, 0.2) is 59.6 Å². The topological polar surface area (TPSA) is 125 Å². The molecule has 1 aliphatic heterocycles. The summed E-state index contributed by atoms with van der Waals surface area (Å²) < 4.78 is 31.9. The van der Waals surface area contributed by atoms with E-state index in [0.717, 1.165) is 22.5 Å². The van der Waals surface area contributed by atoms with E-state index in [2.05, 4.69) is 25.3 Å². The van der Waals surface area contributed by atoms with E-state index in [1.807, 2.05) is 24.3 Å². The first kappa shape index (κ1) is 21.2. The maximum atomic E-state index is 12.3. The smallest absolute Gasteiger partial charge is 0.240 e. The second kappa shape index (κ2) is 8.98. The number of hydrogen-bond acceptors (Lipinski definition) is 8. The lowest BCUT2D eigenvalue weighted by molar-refractivity contribution is 0.204. The Morgan fingerprint density at radius 2 is 1.97 bits per heavy atom. The molecule has 0 aliphatic carbocycles. The number of fused-ring (bicyclic) bond motifs is 3. The van der Waals surface area contributed by atoms with Gasteiger partial charge in [0, 0.05) is 48.8 Å². The molecule has 0 saturated heterocycles. The van der Waals surface area contributed by atoms with Gasteiger partial charge in [0.2, 0.25) is 16.0 Å². The Kier molecular flexibility index (Phi) is 6.14. The fourth-order valence-electron chi connectivity index (χ4n) is 3.31. The molecular formula is C21H23N5O4S. The van der Waals surface area contributed by atoms with Crippen molar-refractivity contribution in [2.75, 3.05) is 30.9 Å². The average molecular weight is 442 g/mol. The van der Waals surface area contributed by atoms with Crippen LogP contribution in [0, 0.1) is 0 Å². The number of ether oxygens (including phenoxy) is 1. The van der Waals surface area contributed by atoms with Crippen molar-refractivity contribution in [3.8, 4) is 11.3 Å². The zero-order chi connectivity index (χ0) is 21.8. The first-order chi connectivity index (χ1) is 15.0. The predicted molar refractivity (Wildman–Crippen MR) is 118 cm³/mol. The number of para-hydroxylation sites is 1. The number of rotatable bonds is 7. The van der Waals surface area contributed by atoms with E-state index in [-0.39, 0.29) is 11.4 Å². The summed E-state index contributed by atoms with van der Waals surface area (Å²) in [6.07, 6.45) is 1.35. The number of anilines is 3. The van der Waals surface area contributed by atoms with Gasteiger partial charge in [-0.1, -0.05) is 18.2 Å². The highest BCUT2D eigenvalue weighted by atomic mass is 32.2. The molecule has 31 heavy (non-hydrogen) atoms. The van der Waals surface area contributed by atoms with E-state index in [1.165, 1.54) is 19.2 Å². The van der Waals surface area contributed by atoms with Crippen LogP contribution >= 0.6 is 0 Å². The van der Waals surface area contributed by atoms with E-state index in [9.17, 15) is 13.5 Å². The molecule has 9 nitrogen and oxygen atoms in total. The van der Waals surface area contributed by atoms with E-state index in [4.69, 9.17) is 4.74 Å². The van der Waals surface area contributed by atoms with Crippen LogP contribution in [0.2, 0.25) is 0 Å². The lowest BCUT2D eigenvalue weighted by Gasteiger charge is -2.11. The van der Waals surface area contributed by atoms with Crippen LogP contribution in [0.5, 0.6) is 0 Å². The molecule has 4 N–H and O–H groups in total. The fraction of sp³-hybridized carbons (Fsp3) is 0.238. The highest BCUT2D eigenvalue weighted by Crippen LogP contribution is 2.33. The predicted octanol–water partition coefficient (Wildman–Crippen LogP) is 2.10. The molecule has 2 heterocycles. The SMILES string of the molecule is COCCNS(=O)(=O)c1ccc(Nc2ncc3c(n2)-c2ccccc2NC(O)C3)cc1. The first-order valence-electron chi connectivity index (χ1n) is 9.72. The Balaban J connectivity index is 1.56. The first-order valence-corrected chi connectivity index (χ1v) is 11.2. The number of aliphatic hydroxyl groups excluding tert-OH is 1. The molecule has 0 amide bonds. The average Bonchev–Trinajstić information content (AvgIpc) is 2.89. The van der Waals surface area contributed by atoms with Crippen LogP contribution in [0.25, 0.3) is 11.3 Å². The molecule has 4 rings (SSSR count). The van der Waals surface area contributed by atoms with Gasteiger partial charge in [-0.3, -0.25) is 0 Å². The van der Waals surface area contributed by atoms with Crippen LogP contribution in [-0.2, 0) is 21.2 Å². The number of benzene rings is 2. The van der Waals surface area contributed by atoms with Crippen LogP contribution in [-0.4, -0.2) is 50.0 Å². The molecule has 0 spiro atoms. The Bertz CT molecular complexity index is 1170. The molecular weight excluding hydrogens is 418 g/mol. The molecule has 3 aromatic rings. The maximum absolute atomic E-state index is 12.3. The van der Waals surface area contributed by atoms with Gasteiger partial charge in [0.05, 0.1) is 17.2 Å². The van der Waals surface area contributed by atoms with Gasteiger partial charge < -0.3 is 20.5 Å². The third-order valence-corrected chi connectivity index (χ3v) is 6.28. The normalized spacial score (nSPS) is 15.4. The minimum Gasteiger partial charge on any atom is -0.383 e. The van der Waals surface area contributed by atoms with Gasteiger partial charge >= 0.3 is 0 Å². The van der Waals surface area contributed by atoms with Crippen molar-refractivity contribution in [2.24, 2.45) is 0 Å². The molecule has 162 valence electrons. The molecule has 0 radical (unpaired) electrons. The van der Waals surface area contributed by atoms with Crippen LogP contribution in [0.1, 0.15) is 5.56 Å². The lowest BCUT2D eigenvalue weighted by Crippen LogP contribution is -2.27. The zero-order valence-electron chi connectivity index (χ0n) is 16.9. The van der Waals surface area contributed by atoms with Crippen molar-refractivity contribution < 1.29 is 18.3 Å². The van der Waals surface area contributed by atoms with Crippen molar-refractivity contribution in [3.63, 3.8) is 0 Å². The van der Waals surface area contributed by atoms with Gasteiger partial charge in [0.25, 0.3) is 0 Å². The van der Waals surface area contributed by atoms with Crippen LogP contribution in [0.4, 0.5) is 17.3 Å². The lowest BCUT2D eigenvalue weighted by atomic mass is 10.1. The van der Waals surface area contributed by atoms with E-state index in [0.29, 0.717) is 24.7 Å². The quantitative estimate of drug-likeness (QED) is 0.411. The van der Waals surface area contributed by atoms with Gasteiger partial charge in [-0.15, -0.1) is 0 Å². The molecule has 2 aromatic carbocycles. The van der Waals surface area contributed by atoms with Gasteiger partial charge in [0.15, 0.2) is 0 Å². The molecule has 0 bridgehead atoms. The minimum absolute atomic E-state index is 0.158. The van der Waals surface area contributed by atoms with Gasteiger partial charge in [-0.05, 0) is 30.3 Å². The summed E-state index contributed by atoms with van der Waals surface area (Å²) in [6.45, 7) is 0.497. The van der Waals surface area contributed by atoms with E-state index >= 15 is 0 Å². The zero-order valence-corrected chi connectivity index (χ0v) is 17.7. The number of sulfonamides is 1. The van der Waals surface area contributed by atoms with Gasteiger partial charge in [-0.2, -0.15) is 0 Å². The van der Waals surface area contributed by atoms with Crippen molar-refractivity contribution in [2.45, 2.75) is 17.5 Å². The van der Waals surface area contributed by atoms with Crippen LogP contribution in [0.3, 0.4) is 0 Å². The number of nitrogens with one attached hydrogen (secondary N) is 3. The Hall–Kier alpha value is -3.05. The molecule has 1 unspecified atom stereocenters. The number of hydrogen-bond donors (Lipinski definition) is 4. The molecule has 1 atom stereocenters. The second-order valence-corrected chi connectivity index (χ2v) is 8.78. The summed E-state index contributed by atoms with van der Waals surface area (Å²) in [5.41, 5.74) is 3.89. The highest BCUT2D eigenvalue weighted by molar-refractivity contribution is 7.89. The Labute approximate surface area is 180 Å². The molecule has 0 saturated carbocycles. The minimum atomic E-state index is -3.60. The van der Waals surface area contributed by atoms with Crippen molar-refractivity contribution >= 4 is 27.3 Å². The monoisotopic (exact) mass is 441 g/mol. The fourth-order valence-corrected chi connectivity index (χ4v) is 4.32. The van der Waals surface area contributed by atoms with E-state index in [1.54, 1.807) is 18.3 Å².